The molecule has 1 heterocycles. The van der Waals surface area contributed by atoms with E-state index in [0.29, 0.717) is 49.3 Å². The summed E-state index contributed by atoms with van der Waals surface area (Å²) in [6, 6.07) is 12.0. The highest BCUT2D eigenvalue weighted by Gasteiger charge is 2.35. The number of ether oxygens (including phenoxy) is 2. The third-order valence-corrected chi connectivity index (χ3v) is 8.17. The molecule has 10 heteroatoms. The van der Waals surface area contributed by atoms with E-state index in [1.165, 1.54) is 0 Å². The van der Waals surface area contributed by atoms with Gasteiger partial charge in [0, 0.05) is 45.5 Å². The summed E-state index contributed by atoms with van der Waals surface area (Å²) in [5, 5.41) is 3.41. The summed E-state index contributed by atoms with van der Waals surface area (Å²) in [4.78, 5) is 28.6. The van der Waals surface area contributed by atoms with Gasteiger partial charge < -0.3 is 24.1 Å². The van der Waals surface area contributed by atoms with E-state index in [4.69, 9.17) is 13.9 Å². The lowest BCUT2D eigenvalue weighted by atomic mass is 10.2. The van der Waals surface area contributed by atoms with Crippen LogP contribution in [0.3, 0.4) is 0 Å². The molecule has 0 aromatic heterocycles. The molecule has 8 nitrogen and oxygen atoms in total. The maximum absolute atomic E-state index is 14.5. The van der Waals surface area contributed by atoms with Crippen LogP contribution in [0.15, 0.2) is 42.5 Å². The number of amides is 2. The second-order valence-corrected chi connectivity index (χ2v) is 12.1. The number of nitrogens with one attached hydrogen (secondary N) is 1. The first kappa shape index (κ1) is 28.6. The van der Waals surface area contributed by atoms with Crippen LogP contribution in [0.25, 0.3) is 0 Å². The van der Waals surface area contributed by atoms with Crippen molar-refractivity contribution in [3.8, 4) is 5.75 Å². The van der Waals surface area contributed by atoms with E-state index in [9.17, 15) is 14.0 Å². The van der Waals surface area contributed by atoms with E-state index >= 15 is 0 Å². The molecule has 1 radical (unpaired) electrons. The van der Waals surface area contributed by atoms with Gasteiger partial charge in [-0.1, -0.05) is 12.1 Å². The molecule has 0 saturated carbocycles. The molecule has 2 amide bonds. The van der Waals surface area contributed by atoms with E-state index in [2.05, 4.69) is 10.2 Å². The zero-order valence-electron chi connectivity index (χ0n) is 22.5. The van der Waals surface area contributed by atoms with Gasteiger partial charge in [-0.05, 0) is 68.8 Å². The fourth-order valence-corrected chi connectivity index (χ4v) is 6.11. The van der Waals surface area contributed by atoms with Gasteiger partial charge in [0.15, 0.2) is 0 Å². The standard InChI is InChI=1S/C27H37FN3O5Si/c1-19-7-12-23(15-24(19)28)37(36-22-10-8-20(9-11-22)25(32)29-5)18-30-13-14-31(21(16-30)17-34-6)26(33)35-27(2,3)4/h7-12,15,21H,13-14,16-18H2,1-6H3,(H,29,32)/t21-/m1/s1. The van der Waals surface area contributed by atoms with Crippen molar-refractivity contribution in [3.63, 3.8) is 0 Å². The lowest BCUT2D eigenvalue weighted by molar-refractivity contribution is -0.0140. The summed E-state index contributed by atoms with van der Waals surface area (Å²) in [6.45, 7) is 9.34. The van der Waals surface area contributed by atoms with Crippen LogP contribution in [0.5, 0.6) is 5.75 Å². The van der Waals surface area contributed by atoms with E-state index in [0.717, 1.165) is 5.19 Å². The van der Waals surface area contributed by atoms with E-state index < -0.39 is 14.6 Å². The minimum Gasteiger partial charge on any atom is -0.536 e. The Bertz CT molecular complexity index is 1080. The van der Waals surface area contributed by atoms with Gasteiger partial charge in [-0.25, -0.2) is 9.18 Å². The Hall–Kier alpha value is -2.95. The lowest BCUT2D eigenvalue weighted by Gasteiger charge is -2.42. The highest BCUT2D eigenvalue weighted by Crippen LogP contribution is 2.18. The number of rotatable bonds is 8. The fraction of sp³-hybridized carbons (Fsp3) is 0.481. The summed E-state index contributed by atoms with van der Waals surface area (Å²) in [5.41, 5.74) is 0.524. The number of benzene rings is 2. The van der Waals surface area contributed by atoms with Gasteiger partial charge in [-0.15, -0.1) is 0 Å². The van der Waals surface area contributed by atoms with Crippen LogP contribution in [-0.2, 0) is 9.47 Å². The molecule has 0 unspecified atom stereocenters. The first-order valence-corrected chi connectivity index (χ1v) is 14.0. The average Bonchev–Trinajstić information content (AvgIpc) is 2.84. The largest absolute Gasteiger partial charge is 0.536 e. The van der Waals surface area contributed by atoms with Gasteiger partial charge in [0.2, 0.25) is 0 Å². The maximum atomic E-state index is 14.5. The molecule has 1 N–H and O–H groups in total. The van der Waals surface area contributed by atoms with Crippen LogP contribution >= 0.6 is 0 Å². The minimum atomic E-state index is -1.74. The van der Waals surface area contributed by atoms with Crippen molar-refractivity contribution in [2.75, 3.05) is 46.6 Å². The molecule has 0 bridgehead atoms. The molecule has 1 saturated heterocycles. The number of carbonyl (C=O) groups is 2. The normalized spacial score (nSPS) is 16.5. The zero-order chi connectivity index (χ0) is 27.2. The van der Waals surface area contributed by atoms with Crippen LogP contribution in [0.1, 0.15) is 36.7 Å². The maximum Gasteiger partial charge on any atom is 0.410 e. The first-order chi connectivity index (χ1) is 17.5. The molecular weight excluding hydrogens is 493 g/mol. The molecule has 201 valence electrons. The predicted molar refractivity (Wildman–Crippen MR) is 142 cm³/mol. The molecule has 1 fully saturated rings. The molecule has 1 aliphatic heterocycles. The summed E-state index contributed by atoms with van der Waals surface area (Å²) in [6.07, 6.45) is 0.222. The number of piperazine rings is 1. The van der Waals surface area contributed by atoms with E-state index in [1.807, 2.05) is 26.8 Å². The average molecular weight is 531 g/mol. The van der Waals surface area contributed by atoms with E-state index in [1.54, 1.807) is 62.4 Å². The molecule has 37 heavy (non-hydrogen) atoms. The van der Waals surface area contributed by atoms with Crippen molar-refractivity contribution in [1.29, 1.82) is 0 Å². The Morgan fingerprint density at radius 2 is 1.84 bits per heavy atom. The zero-order valence-corrected chi connectivity index (χ0v) is 23.5. The van der Waals surface area contributed by atoms with Gasteiger partial charge in [-0.3, -0.25) is 9.69 Å². The number of nitrogens with zero attached hydrogens (tertiary/aromatic N) is 2. The second kappa shape index (κ2) is 12.5. The number of hydrogen-bond acceptors (Lipinski definition) is 6. The van der Waals surface area contributed by atoms with Crippen molar-refractivity contribution < 1.29 is 27.9 Å². The highest BCUT2D eigenvalue weighted by atomic mass is 28.3. The topological polar surface area (TPSA) is 80.3 Å². The Balaban J connectivity index is 1.79. The van der Waals surface area contributed by atoms with Gasteiger partial charge in [0.1, 0.15) is 17.2 Å². The number of carbonyl (C=O) groups excluding carboxylic acids is 2. The molecule has 1 atom stereocenters. The quantitative estimate of drug-likeness (QED) is 0.529. The van der Waals surface area contributed by atoms with Crippen molar-refractivity contribution in [1.82, 2.24) is 15.1 Å². The molecule has 3 rings (SSSR count). The van der Waals surface area contributed by atoms with Gasteiger partial charge in [0.25, 0.3) is 5.91 Å². The van der Waals surface area contributed by atoms with Crippen LogP contribution in [0.4, 0.5) is 9.18 Å². The van der Waals surface area contributed by atoms with Crippen molar-refractivity contribution >= 4 is 26.2 Å². The summed E-state index contributed by atoms with van der Waals surface area (Å²) < 4.78 is 31.9. The van der Waals surface area contributed by atoms with Crippen LogP contribution in [-0.4, -0.2) is 89.1 Å². The van der Waals surface area contributed by atoms with Crippen LogP contribution in [0, 0.1) is 12.7 Å². The third-order valence-electron chi connectivity index (χ3n) is 6.00. The summed E-state index contributed by atoms with van der Waals surface area (Å²) >= 11 is 0. The Morgan fingerprint density at radius 1 is 1.14 bits per heavy atom. The van der Waals surface area contributed by atoms with Crippen molar-refractivity contribution in [2.45, 2.75) is 39.3 Å². The van der Waals surface area contributed by atoms with Crippen LogP contribution < -0.4 is 14.9 Å². The lowest BCUT2D eigenvalue weighted by Crippen LogP contribution is -2.60. The smallest absolute Gasteiger partial charge is 0.410 e. The molecule has 2 aromatic carbocycles. The Labute approximate surface area is 220 Å². The van der Waals surface area contributed by atoms with E-state index in [-0.39, 0.29) is 23.9 Å². The van der Waals surface area contributed by atoms with Crippen molar-refractivity contribution in [3.05, 3.63) is 59.4 Å². The molecule has 0 aliphatic carbocycles. The van der Waals surface area contributed by atoms with Crippen LogP contribution in [0.2, 0.25) is 0 Å². The summed E-state index contributed by atoms with van der Waals surface area (Å²) in [5.74, 6) is 0.165. The Kier molecular flexibility index (Phi) is 9.69. The monoisotopic (exact) mass is 530 g/mol. The van der Waals surface area contributed by atoms with Gasteiger partial charge in [-0.2, -0.15) is 0 Å². The molecule has 2 aromatic rings. The first-order valence-electron chi connectivity index (χ1n) is 12.3. The fourth-order valence-electron chi connectivity index (χ4n) is 4.07. The van der Waals surface area contributed by atoms with Gasteiger partial charge in [0.05, 0.1) is 12.6 Å². The minimum absolute atomic E-state index is 0.176. The summed E-state index contributed by atoms with van der Waals surface area (Å²) in [7, 11) is 1.45. The van der Waals surface area contributed by atoms with Gasteiger partial charge >= 0.3 is 15.1 Å². The number of halogens is 1. The Morgan fingerprint density at radius 3 is 2.43 bits per heavy atom. The second-order valence-electron chi connectivity index (χ2n) is 10.1. The predicted octanol–water partition coefficient (Wildman–Crippen LogP) is 2.88. The molecular formula is C27H37FN3O5Si. The molecule has 1 aliphatic rings. The molecule has 0 spiro atoms. The third kappa shape index (κ3) is 8.01. The number of methoxy groups -OCH3 is 1. The number of hydrogen-bond donors (Lipinski definition) is 1. The highest BCUT2D eigenvalue weighted by molar-refractivity contribution is 6.68. The van der Waals surface area contributed by atoms with Crippen molar-refractivity contribution in [2.24, 2.45) is 0 Å². The number of aryl methyl sites for hydroxylation is 1. The SMILES string of the molecule is CNC(=O)c1ccc(O[Si](CN2CCN(C(=O)OC(C)(C)C)[C@@H](COC)C2)c2ccc(C)c(F)c2)cc1.